The second kappa shape index (κ2) is 10.5. The number of ether oxygens (including phenoxy) is 1. The average molecular weight is 481 g/mol. The molecule has 0 bridgehead atoms. The first-order valence-electron chi connectivity index (χ1n) is 12.1. The van der Waals surface area contributed by atoms with E-state index in [9.17, 15) is 19.5 Å². The van der Waals surface area contributed by atoms with Crippen LogP contribution in [0.1, 0.15) is 58.6 Å². The summed E-state index contributed by atoms with van der Waals surface area (Å²) in [6, 6.07) is 15.7. The van der Waals surface area contributed by atoms with Gasteiger partial charge in [0, 0.05) is 17.5 Å². The number of carbonyl (C=O) groups is 3. The molecule has 2 amide bonds. The maximum atomic E-state index is 13.4. The fourth-order valence-corrected chi connectivity index (χ4v) is 4.95. The molecule has 2 aromatic carbocycles. The van der Waals surface area contributed by atoms with Crippen LogP contribution >= 0.6 is 0 Å². The Balaban J connectivity index is 1.70. The lowest BCUT2D eigenvalue weighted by atomic mass is 9.86. The molecule has 2 aromatic rings. The Kier molecular flexibility index (Phi) is 7.88. The van der Waals surface area contributed by atoms with Crippen LogP contribution in [0.2, 0.25) is 0 Å². The van der Waals surface area contributed by atoms with E-state index in [4.69, 9.17) is 4.74 Å². The summed E-state index contributed by atoms with van der Waals surface area (Å²) in [5, 5.41) is 12.1. The molecule has 0 fully saturated rings. The van der Waals surface area contributed by atoms with Crippen LogP contribution in [0, 0.1) is 11.8 Å². The lowest BCUT2D eigenvalue weighted by Crippen LogP contribution is -2.55. The van der Waals surface area contributed by atoms with Gasteiger partial charge in [0.2, 0.25) is 5.91 Å². The zero-order valence-electron chi connectivity index (χ0n) is 21.4. The fraction of sp³-hybridized carbons (Fsp3) is 0.464. The zero-order valence-corrected chi connectivity index (χ0v) is 21.4. The molecular formula is C28H36N2O5. The number of fused-ring (bicyclic) bond motifs is 3. The van der Waals surface area contributed by atoms with Crippen molar-refractivity contribution in [3.8, 4) is 11.1 Å². The van der Waals surface area contributed by atoms with Gasteiger partial charge in [-0.1, -0.05) is 62.4 Å². The zero-order chi connectivity index (χ0) is 25.9. The van der Waals surface area contributed by atoms with Gasteiger partial charge in [-0.3, -0.25) is 9.59 Å². The van der Waals surface area contributed by atoms with Crippen LogP contribution in [0.15, 0.2) is 48.5 Å². The van der Waals surface area contributed by atoms with Gasteiger partial charge in [-0.15, -0.1) is 0 Å². The van der Waals surface area contributed by atoms with E-state index in [2.05, 4.69) is 29.6 Å². The topological polar surface area (TPSA) is 95.9 Å². The Morgan fingerprint density at radius 1 is 0.971 bits per heavy atom. The SMILES string of the molecule is CC(C)C(C(=O)N(CC(=O)O)C(C)(C)C)C(C)NC(=O)OCC1c2ccccc2-c2ccccc21. The van der Waals surface area contributed by atoms with Gasteiger partial charge in [-0.05, 0) is 55.9 Å². The number of alkyl carbamates (subject to hydrolysis) is 1. The highest BCUT2D eigenvalue weighted by Crippen LogP contribution is 2.44. The molecule has 0 saturated heterocycles. The number of carboxylic acid groups (broad SMARTS) is 1. The predicted octanol–water partition coefficient (Wildman–Crippen LogP) is 4.90. The van der Waals surface area contributed by atoms with Gasteiger partial charge < -0.3 is 20.1 Å². The molecule has 1 aliphatic carbocycles. The number of nitrogens with one attached hydrogen (secondary N) is 1. The van der Waals surface area contributed by atoms with Gasteiger partial charge in [-0.2, -0.15) is 0 Å². The minimum atomic E-state index is -1.08. The molecule has 7 nitrogen and oxygen atoms in total. The molecule has 1 aliphatic rings. The van der Waals surface area contributed by atoms with E-state index >= 15 is 0 Å². The summed E-state index contributed by atoms with van der Waals surface area (Å²) in [5.41, 5.74) is 3.87. The highest BCUT2D eigenvalue weighted by Gasteiger charge is 2.38. The number of carboxylic acids is 1. The normalized spacial score (nSPS) is 14.6. The Labute approximate surface area is 207 Å². The third-order valence-corrected chi connectivity index (χ3v) is 6.60. The van der Waals surface area contributed by atoms with Crippen molar-refractivity contribution in [1.82, 2.24) is 10.2 Å². The van der Waals surface area contributed by atoms with Crippen molar-refractivity contribution in [2.75, 3.05) is 13.2 Å². The molecule has 0 heterocycles. The summed E-state index contributed by atoms with van der Waals surface area (Å²) < 4.78 is 5.64. The number of aliphatic carboxylic acids is 1. The number of benzene rings is 2. The van der Waals surface area contributed by atoms with Gasteiger partial charge in [0.25, 0.3) is 0 Å². The van der Waals surface area contributed by atoms with Crippen LogP contribution in [0.3, 0.4) is 0 Å². The van der Waals surface area contributed by atoms with Crippen LogP contribution in [-0.4, -0.2) is 52.7 Å². The number of hydrogen-bond donors (Lipinski definition) is 2. The van der Waals surface area contributed by atoms with Gasteiger partial charge >= 0.3 is 12.1 Å². The summed E-state index contributed by atoms with van der Waals surface area (Å²) in [4.78, 5) is 38.9. The van der Waals surface area contributed by atoms with Crippen LogP contribution in [-0.2, 0) is 14.3 Å². The van der Waals surface area contributed by atoms with Crippen molar-refractivity contribution in [2.24, 2.45) is 11.8 Å². The van der Waals surface area contributed by atoms with Crippen LogP contribution in [0.4, 0.5) is 4.79 Å². The van der Waals surface area contributed by atoms with E-state index in [0.29, 0.717) is 0 Å². The molecular weight excluding hydrogens is 444 g/mol. The highest BCUT2D eigenvalue weighted by molar-refractivity contribution is 5.85. The summed E-state index contributed by atoms with van der Waals surface area (Å²) in [6.45, 7) is 10.7. The second-order valence-electron chi connectivity index (χ2n) is 10.5. The first kappa shape index (κ1) is 26.3. The third-order valence-electron chi connectivity index (χ3n) is 6.60. The smallest absolute Gasteiger partial charge is 0.407 e. The van der Waals surface area contributed by atoms with Gasteiger partial charge in [0.1, 0.15) is 13.2 Å². The molecule has 0 spiro atoms. The van der Waals surface area contributed by atoms with E-state index in [1.54, 1.807) is 27.7 Å². The van der Waals surface area contributed by atoms with Crippen LogP contribution < -0.4 is 5.32 Å². The Bertz CT molecular complexity index is 1040. The monoisotopic (exact) mass is 480 g/mol. The number of nitrogens with zero attached hydrogens (tertiary/aromatic N) is 1. The van der Waals surface area contributed by atoms with E-state index in [1.807, 2.05) is 38.1 Å². The number of hydrogen-bond acceptors (Lipinski definition) is 4. The van der Waals surface area contributed by atoms with Crippen molar-refractivity contribution >= 4 is 18.0 Å². The van der Waals surface area contributed by atoms with E-state index in [-0.39, 0.29) is 24.3 Å². The minimum Gasteiger partial charge on any atom is -0.480 e. The van der Waals surface area contributed by atoms with Gasteiger partial charge in [-0.25, -0.2) is 4.79 Å². The quantitative estimate of drug-likeness (QED) is 0.560. The lowest BCUT2D eigenvalue weighted by molar-refractivity contribution is -0.152. The first-order chi connectivity index (χ1) is 16.4. The molecule has 0 saturated carbocycles. The average Bonchev–Trinajstić information content (AvgIpc) is 3.08. The standard InChI is InChI=1S/C28H36N2O5/c1-17(2)25(26(33)30(15-24(31)32)28(4,5)6)18(3)29-27(34)35-16-23-21-13-9-7-11-19(21)20-12-8-10-14-22(20)23/h7-14,17-18,23,25H,15-16H2,1-6H3,(H,29,34)(H,31,32). The number of carbonyl (C=O) groups excluding carboxylic acids is 2. The maximum Gasteiger partial charge on any atom is 0.407 e. The van der Waals surface area contributed by atoms with Crippen LogP contribution in [0.5, 0.6) is 0 Å². The molecule has 35 heavy (non-hydrogen) atoms. The molecule has 2 unspecified atom stereocenters. The minimum absolute atomic E-state index is 0.0575. The van der Waals surface area contributed by atoms with E-state index in [0.717, 1.165) is 22.3 Å². The lowest BCUT2D eigenvalue weighted by Gasteiger charge is -2.39. The largest absolute Gasteiger partial charge is 0.480 e. The number of amides is 2. The van der Waals surface area contributed by atoms with Gasteiger partial charge in [0.05, 0.1) is 5.92 Å². The molecule has 0 aliphatic heterocycles. The Hall–Kier alpha value is -3.35. The summed E-state index contributed by atoms with van der Waals surface area (Å²) >= 11 is 0. The molecule has 2 N–H and O–H groups in total. The van der Waals surface area contributed by atoms with Crippen molar-refractivity contribution in [2.45, 2.75) is 59.0 Å². The summed E-state index contributed by atoms with van der Waals surface area (Å²) in [5.74, 6) is -2.16. The van der Waals surface area contributed by atoms with E-state index in [1.165, 1.54) is 4.90 Å². The number of rotatable bonds is 8. The summed E-state index contributed by atoms with van der Waals surface area (Å²) in [6.07, 6.45) is -0.599. The molecule has 7 heteroatoms. The maximum absolute atomic E-state index is 13.4. The molecule has 0 aromatic heterocycles. The molecule has 188 valence electrons. The van der Waals surface area contributed by atoms with Crippen molar-refractivity contribution in [3.63, 3.8) is 0 Å². The molecule has 0 radical (unpaired) electrons. The van der Waals surface area contributed by atoms with E-state index < -0.39 is 36.1 Å². The third kappa shape index (κ3) is 5.84. The molecule has 2 atom stereocenters. The second-order valence-corrected chi connectivity index (χ2v) is 10.5. The van der Waals surface area contributed by atoms with Gasteiger partial charge in [0.15, 0.2) is 0 Å². The fourth-order valence-electron chi connectivity index (χ4n) is 4.95. The van der Waals surface area contributed by atoms with Crippen molar-refractivity contribution in [3.05, 3.63) is 59.7 Å². The van der Waals surface area contributed by atoms with Crippen LogP contribution in [0.25, 0.3) is 11.1 Å². The van der Waals surface area contributed by atoms with Crippen molar-refractivity contribution in [1.29, 1.82) is 0 Å². The predicted molar refractivity (Wildman–Crippen MR) is 135 cm³/mol. The summed E-state index contributed by atoms with van der Waals surface area (Å²) in [7, 11) is 0. The Morgan fingerprint density at radius 3 is 1.94 bits per heavy atom. The first-order valence-corrected chi connectivity index (χ1v) is 12.1. The molecule has 3 rings (SSSR count). The van der Waals surface area contributed by atoms with Crippen molar-refractivity contribution < 1.29 is 24.2 Å². The highest BCUT2D eigenvalue weighted by atomic mass is 16.5. The Morgan fingerprint density at radius 2 is 1.49 bits per heavy atom.